The molecule has 2 aromatic carbocycles. The molecule has 0 bridgehead atoms. The summed E-state index contributed by atoms with van der Waals surface area (Å²) in [5.74, 6) is 0.375. The summed E-state index contributed by atoms with van der Waals surface area (Å²) in [4.78, 5) is 29.9. The number of nitro groups is 1. The molecule has 0 aliphatic carbocycles. The van der Waals surface area contributed by atoms with Gasteiger partial charge in [-0.05, 0) is 43.5 Å². The average Bonchev–Trinajstić information content (AvgIpc) is 3.33. The predicted molar refractivity (Wildman–Crippen MR) is 119 cm³/mol. The second-order valence-corrected chi connectivity index (χ2v) is 7.44. The highest BCUT2D eigenvalue weighted by molar-refractivity contribution is 5.95. The fourth-order valence-electron chi connectivity index (χ4n) is 3.79. The largest absolute Gasteiger partial charge is 0.491 e. The van der Waals surface area contributed by atoms with Crippen molar-refractivity contribution in [2.24, 2.45) is 0 Å². The van der Waals surface area contributed by atoms with Crippen LogP contribution in [0.2, 0.25) is 0 Å². The molecule has 1 saturated heterocycles. The van der Waals surface area contributed by atoms with E-state index < -0.39 is 4.92 Å². The average molecular weight is 420 g/mol. The lowest BCUT2D eigenvalue weighted by molar-refractivity contribution is -0.384. The maximum atomic E-state index is 12.5. The van der Waals surface area contributed by atoms with Gasteiger partial charge in [-0.1, -0.05) is 18.2 Å². The number of carbonyl (C=O) groups is 1. The smallest absolute Gasteiger partial charge is 0.293 e. The molecule has 3 aromatic rings. The van der Waals surface area contributed by atoms with Crippen molar-refractivity contribution in [1.29, 1.82) is 0 Å². The molecule has 1 amide bonds. The molecule has 1 aromatic heterocycles. The Morgan fingerprint density at radius 2 is 1.97 bits per heavy atom. The number of carbonyl (C=O) groups excluding carboxylic acids is 1. The van der Waals surface area contributed by atoms with Crippen LogP contribution in [-0.2, 0) is 0 Å². The Hall–Kier alpha value is -3.68. The highest BCUT2D eigenvalue weighted by atomic mass is 16.6. The number of nitrogens with zero attached hydrogens (tertiary/aromatic N) is 3. The van der Waals surface area contributed by atoms with Gasteiger partial charge in [0.2, 0.25) is 0 Å². The van der Waals surface area contributed by atoms with E-state index in [9.17, 15) is 14.9 Å². The number of fused-ring (bicyclic) bond motifs is 1. The summed E-state index contributed by atoms with van der Waals surface area (Å²) in [5, 5.41) is 15.3. The summed E-state index contributed by atoms with van der Waals surface area (Å²) in [6.45, 7) is 2.43. The molecule has 2 heterocycles. The monoisotopic (exact) mass is 420 g/mol. The number of benzene rings is 2. The molecule has 0 radical (unpaired) electrons. The first-order valence-electron chi connectivity index (χ1n) is 10.4. The molecule has 0 spiro atoms. The number of anilines is 1. The summed E-state index contributed by atoms with van der Waals surface area (Å²) in [6, 6.07) is 14.3. The van der Waals surface area contributed by atoms with Gasteiger partial charge in [-0.25, -0.2) is 0 Å². The van der Waals surface area contributed by atoms with Crippen LogP contribution in [0, 0.1) is 10.1 Å². The van der Waals surface area contributed by atoms with Crippen LogP contribution in [0.5, 0.6) is 5.75 Å². The Labute approximate surface area is 180 Å². The van der Waals surface area contributed by atoms with Gasteiger partial charge >= 0.3 is 0 Å². The van der Waals surface area contributed by atoms with Crippen LogP contribution in [0.1, 0.15) is 29.6 Å². The summed E-state index contributed by atoms with van der Waals surface area (Å²) < 4.78 is 5.82. The van der Waals surface area contributed by atoms with Gasteiger partial charge in [0.1, 0.15) is 17.0 Å². The molecule has 4 rings (SSSR count). The fourth-order valence-corrected chi connectivity index (χ4v) is 3.79. The lowest BCUT2D eigenvalue weighted by Gasteiger charge is -2.17. The van der Waals surface area contributed by atoms with Crippen molar-refractivity contribution >= 4 is 28.2 Å². The SMILES string of the molecule is O=C(NCCCOc1cccc2cccnc12)c1ccc(N2CCCC2)c([N+](=O)[O-])c1. The second kappa shape index (κ2) is 9.42. The summed E-state index contributed by atoms with van der Waals surface area (Å²) in [5.41, 5.74) is 1.64. The molecule has 8 nitrogen and oxygen atoms in total. The van der Waals surface area contributed by atoms with E-state index in [2.05, 4.69) is 10.3 Å². The molecule has 0 saturated carbocycles. The van der Waals surface area contributed by atoms with Crippen molar-refractivity contribution in [2.45, 2.75) is 19.3 Å². The predicted octanol–water partition coefficient (Wildman–Crippen LogP) is 3.94. The van der Waals surface area contributed by atoms with E-state index in [4.69, 9.17) is 4.74 Å². The van der Waals surface area contributed by atoms with Gasteiger partial charge in [0.25, 0.3) is 11.6 Å². The lowest BCUT2D eigenvalue weighted by atomic mass is 10.1. The zero-order chi connectivity index (χ0) is 21.6. The third-order valence-corrected chi connectivity index (χ3v) is 5.34. The first kappa shape index (κ1) is 20.6. The number of rotatable bonds is 8. The first-order chi connectivity index (χ1) is 15.1. The Morgan fingerprint density at radius 1 is 1.16 bits per heavy atom. The van der Waals surface area contributed by atoms with E-state index in [-0.39, 0.29) is 17.2 Å². The van der Waals surface area contributed by atoms with Gasteiger partial charge in [-0.3, -0.25) is 19.9 Å². The molecule has 8 heteroatoms. The van der Waals surface area contributed by atoms with E-state index in [1.807, 2.05) is 35.2 Å². The zero-order valence-corrected chi connectivity index (χ0v) is 17.1. The van der Waals surface area contributed by atoms with E-state index in [0.717, 1.165) is 36.8 Å². The minimum Gasteiger partial charge on any atom is -0.491 e. The molecule has 1 aliphatic heterocycles. The van der Waals surface area contributed by atoms with Crippen LogP contribution < -0.4 is 15.0 Å². The van der Waals surface area contributed by atoms with Gasteiger partial charge < -0.3 is 15.0 Å². The maximum absolute atomic E-state index is 12.5. The zero-order valence-electron chi connectivity index (χ0n) is 17.1. The van der Waals surface area contributed by atoms with E-state index >= 15 is 0 Å². The Balaban J connectivity index is 1.31. The number of aromatic nitrogens is 1. The van der Waals surface area contributed by atoms with E-state index in [1.54, 1.807) is 18.3 Å². The molecule has 1 fully saturated rings. The van der Waals surface area contributed by atoms with Crippen molar-refractivity contribution in [3.8, 4) is 5.75 Å². The minimum atomic E-state index is -0.420. The van der Waals surface area contributed by atoms with Gasteiger partial charge in [0.15, 0.2) is 0 Å². The Morgan fingerprint density at radius 3 is 2.77 bits per heavy atom. The van der Waals surface area contributed by atoms with Crippen molar-refractivity contribution in [2.75, 3.05) is 31.1 Å². The lowest BCUT2D eigenvalue weighted by Crippen LogP contribution is -2.26. The highest BCUT2D eigenvalue weighted by Gasteiger charge is 2.23. The molecule has 1 aliphatic rings. The summed E-state index contributed by atoms with van der Waals surface area (Å²) in [6.07, 6.45) is 4.37. The number of hydrogen-bond donors (Lipinski definition) is 1. The molecular weight excluding hydrogens is 396 g/mol. The topological polar surface area (TPSA) is 97.6 Å². The molecule has 31 heavy (non-hydrogen) atoms. The van der Waals surface area contributed by atoms with Crippen LogP contribution in [0.3, 0.4) is 0 Å². The molecule has 0 atom stereocenters. The number of amides is 1. The number of hydrogen-bond acceptors (Lipinski definition) is 6. The van der Waals surface area contributed by atoms with Crippen molar-refractivity contribution in [3.63, 3.8) is 0 Å². The van der Waals surface area contributed by atoms with Crippen LogP contribution in [0.4, 0.5) is 11.4 Å². The second-order valence-electron chi connectivity index (χ2n) is 7.44. The Bertz CT molecular complexity index is 1090. The summed E-state index contributed by atoms with van der Waals surface area (Å²) >= 11 is 0. The summed E-state index contributed by atoms with van der Waals surface area (Å²) in [7, 11) is 0. The molecule has 160 valence electrons. The number of para-hydroxylation sites is 1. The number of nitrogens with one attached hydrogen (secondary N) is 1. The van der Waals surface area contributed by atoms with Crippen molar-refractivity contribution < 1.29 is 14.5 Å². The van der Waals surface area contributed by atoms with Crippen LogP contribution in [-0.4, -0.2) is 42.1 Å². The number of nitro benzene ring substituents is 1. The third-order valence-electron chi connectivity index (χ3n) is 5.34. The third kappa shape index (κ3) is 4.74. The van der Waals surface area contributed by atoms with Gasteiger partial charge in [-0.15, -0.1) is 0 Å². The number of ether oxygens (including phenoxy) is 1. The van der Waals surface area contributed by atoms with Crippen LogP contribution >= 0.6 is 0 Å². The van der Waals surface area contributed by atoms with Gasteiger partial charge in [0, 0.05) is 42.8 Å². The fraction of sp³-hybridized carbons (Fsp3) is 0.304. The standard InChI is InChI=1S/C23H24N4O4/c28-23(18-9-10-19(20(16-18)27(29)30)26-13-1-2-14-26)25-12-5-15-31-21-8-3-6-17-7-4-11-24-22(17)21/h3-4,6-11,16H,1-2,5,12-15H2,(H,25,28). The van der Waals surface area contributed by atoms with E-state index in [0.29, 0.717) is 31.0 Å². The normalized spacial score (nSPS) is 13.4. The van der Waals surface area contributed by atoms with E-state index in [1.165, 1.54) is 6.07 Å². The number of pyridine rings is 1. The maximum Gasteiger partial charge on any atom is 0.293 e. The minimum absolute atomic E-state index is 0.0265. The van der Waals surface area contributed by atoms with Crippen LogP contribution in [0.25, 0.3) is 10.9 Å². The van der Waals surface area contributed by atoms with Crippen molar-refractivity contribution in [1.82, 2.24) is 10.3 Å². The molecule has 1 N–H and O–H groups in total. The van der Waals surface area contributed by atoms with Crippen molar-refractivity contribution in [3.05, 3.63) is 70.4 Å². The molecular formula is C23H24N4O4. The quantitative estimate of drug-likeness (QED) is 0.337. The molecule has 0 unspecified atom stereocenters. The first-order valence-corrected chi connectivity index (χ1v) is 10.4. The van der Waals surface area contributed by atoms with Gasteiger partial charge in [0.05, 0.1) is 11.5 Å². The highest BCUT2D eigenvalue weighted by Crippen LogP contribution is 2.31. The van der Waals surface area contributed by atoms with Gasteiger partial charge in [-0.2, -0.15) is 0 Å². The Kier molecular flexibility index (Phi) is 6.26. The van der Waals surface area contributed by atoms with Crippen LogP contribution in [0.15, 0.2) is 54.7 Å².